The van der Waals surface area contributed by atoms with Crippen LogP contribution in [0.5, 0.6) is 0 Å². The van der Waals surface area contributed by atoms with Crippen LogP contribution in [0.4, 0.5) is 0 Å². The minimum atomic E-state index is -0.0657. The van der Waals surface area contributed by atoms with Crippen molar-refractivity contribution >= 4 is 17.2 Å². The van der Waals surface area contributed by atoms with Crippen molar-refractivity contribution in [2.75, 3.05) is 6.54 Å². The Labute approximate surface area is 117 Å². The van der Waals surface area contributed by atoms with Gasteiger partial charge in [0.1, 0.15) is 5.69 Å². The maximum atomic E-state index is 11.8. The van der Waals surface area contributed by atoms with Crippen molar-refractivity contribution in [2.45, 2.75) is 26.2 Å². The zero-order chi connectivity index (χ0) is 13.5. The fraction of sp³-hybridized carbons (Fsp3) is 0.333. The smallest absolute Gasteiger partial charge is 0.270 e. The Hall–Kier alpha value is -1.68. The number of benzene rings is 1. The molecule has 1 amide bonds. The summed E-state index contributed by atoms with van der Waals surface area (Å²) in [6.45, 7) is 2.83. The molecule has 2 aromatic rings. The normalized spacial score (nSPS) is 10.4. The zero-order valence-corrected chi connectivity index (χ0v) is 11.9. The number of aromatic nitrogens is 1. The molecule has 0 saturated carbocycles. The van der Waals surface area contributed by atoms with Crippen LogP contribution in [-0.2, 0) is 6.42 Å². The summed E-state index contributed by atoms with van der Waals surface area (Å²) in [5.41, 5.74) is 1.75. The van der Waals surface area contributed by atoms with Crippen molar-refractivity contribution in [3.63, 3.8) is 0 Å². The standard InChI is InChI=1S/C15H18N2OS/c1-2-3-9-16-15(18)13-11-19-14(17-13)10-12-7-5-4-6-8-12/h4-8,11H,2-3,9-10H2,1H3,(H,16,18). The minimum Gasteiger partial charge on any atom is -0.351 e. The molecule has 0 atom stereocenters. The summed E-state index contributed by atoms with van der Waals surface area (Å²) in [4.78, 5) is 16.2. The van der Waals surface area contributed by atoms with Crippen LogP contribution >= 0.6 is 11.3 Å². The fourth-order valence-corrected chi connectivity index (χ4v) is 2.54. The fourth-order valence-electron chi connectivity index (χ4n) is 1.74. The lowest BCUT2D eigenvalue weighted by molar-refractivity contribution is 0.0948. The molecule has 3 nitrogen and oxygen atoms in total. The Kier molecular flexibility index (Phi) is 5.10. The van der Waals surface area contributed by atoms with Crippen molar-refractivity contribution < 1.29 is 4.79 Å². The second-order valence-corrected chi connectivity index (χ2v) is 5.34. The second kappa shape index (κ2) is 7.04. The molecule has 19 heavy (non-hydrogen) atoms. The molecule has 2 rings (SSSR count). The van der Waals surface area contributed by atoms with E-state index in [2.05, 4.69) is 29.4 Å². The van der Waals surface area contributed by atoms with Crippen LogP contribution in [0.2, 0.25) is 0 Å². The quantitative estimate of drug-likeness (QED) is 0.821. The lowest BCUT2D eigenvalue weighted by Gasteiger charge is -2.00. The second-order valence-electron chi connectivity index (χ2n) is 4.40. The number of hydrogen-bond donors (Lipinski definition) is 1. The highest BCUT2D eigenvalue weighted by Crippen LogP contribution is 2.14. The molecule has 0 aliphatic rings. The molecule has 0 aliphatic heterocycles. The first-order valence-electron chi connectivity index (χ1n) is 6.56. The van der Waals surface area contributed by atoms with Gasteiger partial charge >= 0.3 is 0 Å². The maximum Gasteiger partial charge on any atom is 0.270 e. The van der Waals surface area contributed by atoms with Crippen LogP contribution in [-0.4, -0.2) is 17.4 Å². The zero-order valence-electron chi connectivity index (χ0n) is 11.1. The van der Waals surface area contributed by atoms with Gasteiger partial charge in [-0.2, -0.15) is 0 Å². The molecule has 0 saturated heterocycles. The van der Waals surface area contributed by atoms with Gasteiger partial charge in [-0.15, -0.1) is 11.3 Å². The van der Waals surface area contributed by atoms with Crippen molar-refractivity contribution in [3.05, 3.63) is 52.0 Å². The summed E-state index contributed by atoms with van der Waals surface area (Å²) >= 11 is 1.54. The predicted octanol–water partition coefficient (Wildman–Crippen LogP) is 3.26. The highest BCUT2D eigenvalue weighted by molar-refractivity contribution is 7.09. The van der Waals surface area contributed by atoms with Crippen LogP contribution in [0.15, 0.2) is 35.7 Å². The summed E-state index contributed by atoms with van der Waals surface area (Å²) in [6.07, 6.45) is 2.87. The van der Waals surface area contributed by atoms with Gasteiger partial charge in [-0.3, -0.25) is 4.79 Å². The van der Waals surface area contributed by atoms with E-state index in [1.807, 2.05) is 23.6 Å². The molecule has 0 unspecified atom stereocenters. The van der Waals surface area contributed by atoms with Gasteiger partial charge in [0.2, 0.25) is 0 Å². The molecule has 1 heterocycles. The summed E-state index contributed by atoms with van der Waals surface area (Å²) in [6, 6.07) is 10.2. The number of nitrogens with one attached hydrogen (secondary N) is 1. The predicted molar refractivity (Wildman–Crippen MR) is 78.6 cm³/mol. The highest BCUT2D eigenvalue weighted by atomic mass is 32.1. The number of thiazole rings is 1. The van der Waals surface area contributed by atoms with Crippen LogP contribution in [0, 0.1) is 0 Å². The summed E-state index contributed by atoms with van der Waals surface area (Å²) < 4.78 is 0. The average molecular weight is 274 g/mol. The number of unbranched alkanes of at least 4 members (excludes halogenated alkanes) is 1. The largest absolute Gasteiger partial charge is 0.351 e. The molecule has 0 bridgehead atoms. The Balaban J connectivity index is 1.93. The maximum absolute atomic E-state index is 11.8. The van der Waals surface area contributed by atoms with Gasteiger partial charge in [0.15, 0.2) is 0 Å². The Morgan fingerprint density at radius 3 is 2.84 bits per heavy atom. The molecule has 1 aromatic carbocycles. The van der Waals surface area contributed by atoms with E-state index in [0.717, 1.165) is 30.8 Å². The van der Waals surface area contributed by atoms with Crippen molar-refractivity contribution in [1.82, 2.24) is 10.3 Å². The first-order valence-corrected chi connectivity index (χ1v) is 7.44. The monoisotopic (exact) mass is 274 g/mol. The SMILES string of the molecule is CCCCNC(=O)c1csc(Cc2ccccc2)n1. The van der Waals surface area contributed by atoms with Gasteiger partial charge < -0.3 is 5.32 Å². The first-order chi connectivity index (χ1) is 9.29. The molecular weight excluding hydrogens is 256 g/mol. The van der Waals surface area contributed by atoms with Crippen molar-refractivity contribution in [3.8, 4) is 0 Å². The van der Waals surface area contributed by atoms with E-state index in [1.165, 1.54) is 16.9 Å². The van der Waals surface area contributed by atoms with E-state index in [-0.39, 0.29) is 5.91 Å². The lowest BCUT2D eigenvalue weighted by Crippen LogP contribution is -2.24. The van der Waals surface area contributed by atoms with Gasteiger partial charge in [-0.1, -0.05) is 43.7 Å². The van der Waals surface area contributed by atoms with Crippen molar-refractivity contribution in [2.24, 2.45) is 0 Å². The molecule has 4 heteroatoms. The summed E-state index contributed by atoms with van der Waals surface area (Å²) in [5.74, 6) is -0.0657. The topological polar surface area (TPSA) is 42.0 Å². The van der Waals surface area contributed by atoms with Gasteiger partial charge in [0, 0.05) is 18.3 Å². The van der Waals surface area contributed by atoms with E-state index < -0.39 is 0 Å². The minimum absolute atomic E-state index is 0.0657. The van der Waals surface area contributed by atoms with Crippen molar-refractivity contribution in [1.29, 1.82) is 0 Å². The number of rotatable bonds is 6. The van der Waals surface area contributed by atoms with Gasteiger partial charge in [-0.25, -0.2) is 4.98 Å². The van der Waals surface area contributed by atoms with Gasteiger partial charge in [0.25, 0.3) is 5.91 Å². The van der Waals surface area contributed by atoms with E-state index in [4.69, 9.17) is 0 Å². The summed E-state index contributed by atoms with van der Waals surface area (Å²) in [7, 11) is 0. The number of carbonyl (C=O) groups is 1. The van der Waals surface area contributed by atoms with Gasteiger partial charge in [-0.05, 0) is 12.0 Å². The Bertz CT molecular complexity index is 522. The van der Waals surface area contributed by atoms with E-state index in [1.54, 1.807) is 0 Å². The molecule has 1 N–H and O–H groups in total. The highest BCUT2D eigenvalue weighted by Gasteiger charge is 2.10. The Morgan fingerprint density at radius 1 is 1.32 bits per heavy atom. The Morgan fingerprint density at radius 2 is 2.11 bits per heavy atom. The molecule has 0 spiro atoms. The van der Waals surface area contributed by atoms with E-state index in [9.17, 15) is 4.79 Å². The number of nitrogens with zero attached hydrogens (tertiary/aromatic N) is 1. The third-order valence-electron chi connectivity index (χ3n) is 2.80. The number of hydrogen-bond acceptors (Lipinski definition) is 3. The number of amides is 1. The van der Waals surface area contributed by atoms with E-state index in [0.29, 0.717) is 5.69 Å². The molecular formula is C15H18N2OS. The first kappa shape index (κ1) is 13.7. The van der Waals surface area contributed by atoms with Crippen LogP contribution in [0.3, 0.4) is 0 Å². The van der Waals surface area contributed by atoms with Crippen LogP contribution in [0.1, 0.15) is 40.8 Å². The van der Waals surface area contributed by atoms with Crippen LogP contribution in [0.25, 0.3) is 0 Å². The average Bonchev–Trinajstić information content (AvgIpc) is 2.89. The third-order valence-corrected chi connectivity index (χ3v) is 3.65. The van der Waals surface area contributed by atoms with E-state index >= 15 is 0 Å². The molecule has 0 radical (unpaired) electrons. The summed E-state index contributed by atoms with van der Waals surface area (Å²) in [5, 5.41) is 5.69. The number of carbonyl (C=O) groups excluding carboxylic acids is 1. The van der Waals surface area contributed by atoms with Crippen LogP contribution < -0.4 is 5.32 Å². The lowest BCUT2D eigenvalue weighted by atomic mass is 10.2. The molecule has 1 aromatic heterocycles. The molecule has 0 fully saturated rings. The van der Waals surface area contributed by atoms with Gasteiger partial charge in [0.05, 0.1) is 5.01 Å². The molecule has 100 valence electrons. The third kappa shape index (κ3) is 4.17. The molecule has 0 aliphatic carbocycles.